The standard InChI is InChI=1S/C13H19FOS/c1-4-16-6-5-12(15)13-10(3)7-9(2)8-11(13)14/h7-8,12,15H,4-6H2,1-3H3. The Morgan fingerprint density at radius 1 is 1.38 bits per heavy atom. The number of hydrogen-bond donors (Lipinski definition) is 1. The summed E-state index contributed by atoms with van der Waals surface area (Å²) >= 11 is 1.76. The van der Waals surface area contributed by atoms with Crippen molar-refractivity contribution >= 4 is 11.8 Å². The minimum atomic E-state index is -0.681. The minimum Gasteiger partial charge on any atom is -0.388 e. The van der Waals surface area contributed by atoms with E-state index in [1.165, 1.54) is 6.07 Å². The molecule has 0 heterocycles. The summed E-state index contributed by atoms with van der Waals surface area (Å²) in [6.45, 7) is 5.79. The Bertz CT molecular complexity index is 329. The highest BCUT2D eigenvalue weighted by Gasteiger charge is 2.15. The van der Waals surface area contributed by atoms with Gasteiger partial charge in [0.15, 0.2) is 0 Å². The lowest BCUT2D eigenvalue weighted by Gasteiger charge is -2.15. The normalized spacial score (nSPS) is 12.8. The highest BCUT2D eigenvalue weighted by Crippen LogP contribution is 2.26. The van der Waals surface area contributed by atoms with Gasteiger partial charge in [0, 0.05) is 5.56 Å². The van der Waals surface area contributed by atoms with Crippen LogP contribution in [0.25, 0.3) is 0 Å². The molecule has 1 atom stereocenters. The van der Waals surface area contributed by atoms with Gasteiger partial charge in [-0.25, -0.2) is 4.39 Å². The molecule has 0 saturated carbocycles. The summed E-state index contributed by atoms with van der Waals surface area (Å²) in [5.74, 6) is 1.61. The van der Waals surface area contributed by atoms with E-state index < -0.39 is 6.10 Å². The van der Waals surface area contributed by atoms with Crippen molar-refractivity contribution in [3.63, 3.8) is 0 Å². The summed E-state index contributed by atoms with van der Waals surface area (Å²) in [5.41, 5.74) is 2.20. The van der Waals surface area contributed by atoms with Crippen LogP contribution < -0.4 is 0 Å². The Morgan fingerprint density at radius 2 is 2.06 bits per heavy atom. The van der Waals surface area contributed by atoms with Crippen LogP contribution in [0.5, 0.6) is 0 Å². The van der Waals surface area contributed by atoms with E-state index in [9.17, 15) is 9.50 Å². The lowest BCUT2D eigenvalue weighted by atomic mass is 9.99. The Balaban J connectivity index is 2.78. The minimum absolute atomic E-state index is 0.286. The third kappa shape index (κ3) is 3.49. The maximum Gasteiger partial charge on any atom is 0.129 e. The van der Waals surface area contributed by atoms with Crippen molar-refractivity contribution in [1.29, 1.82) is 0 Å². The van der Waals surface area contributed by atoms with Gasteiger partial charge < -0.3 is 5.11 Å². The Kier molecular flexibility index (Phi) is 5.29. The predicted molar refractivity (Wildman–Crippen MR) is 68.4 cm³/mol. The first kappa shape index (κ1) is 13.5. The van der Waals surface area contributed by atoms with Gasteiger partial charge in [-0.15, -0.1) is 0 Å². The molecule has 3 heteroatoms. The molecule has 0 fully saturated rings. The lowest BCUT2D eigenvalue weighted by Crippen LogP contribution is -2.05. The van der Waals surface area contributed by atoms with Gasteiger partial charge in [0.2, 0.25) is 0 Å². The van der Waals surface area contributed by atoms with E-state index in [1.54, 1.807) is 11.8 Å². The third-order valence-corrected chi connectivity index (χ3v) is 3.49. The average molecular weight is 242 g/mol. The van der Waals surface area contributed by atoms with Gasteiger partial charge in [-0.05, 0) is 49.0 Å². The van der Waals surface area contributed by atoms with Gasteiger partial charge in [0.05, 0.1) is 6.10 Å². The Morgan fingerprint density at radius 3 is 2.62 bits per heavy atom. The van der Waals surface area contributed by atoms with Crippen LogP contribution in [0, 0.1) is 19.7 Å². The number of aliphatic hydroxyl groups is 1. The molecule has 0 amide bonds. The summed E-state index contributed by atoms with van der Waals surface area (Å²) in [7, 11) is 0. The van der Waals surface area contributed by atoms with Gasteiger partial charge in [0.25, 0.3) is 0 Å². The van der Waals surface area contributed by atoms with E-state index in [2.05, 4.69) is 6.92 Å². The number of hydrogen-bond acceptors (Lipinski definition) is 2. The van der Waals surface area contributed by atoms with Crippen LogP contribution in [-0.2, 0) is 0 Å². The fourth-order valence-electron chi connectivity index (χ4n) is 1.83. The van der Waals surface area contributed by atoms with Crippen LogP contribution in [-0.4, -0.2) is 16.6 Å². The Labute approximate surface area is 101 Å². The predicted octanol–water partition coefficient (Wildman–Crippen LogP) is 3.62. The first-order valence-electron chi connectivity index (χ1n) is 5.58. The SMILES string of the molecule is CCSCCC(O)c1c(C)cc(C)cc1F. The Hall–Kier alpha value is -0.540. The number of aryl methyl sites for hydroxylation is 2. The second-order valence-corrected chi connectivity index (χ2v) is 5.37. The molecule has 0 aliphatic heterocycles. The van der Waals surface area contributed by atoms with E-state index in [0.29, 0.717) is 12.0 Å². The van der Waals surface area contributed by atoms with Crippen LogP contribution in [0.15, 0.2) is 12.1 Å². The van der Waals surface area contributed by atoms with Crippen molar-refractivity contribution in [3.05, 3.63) is 34.6 Å². The van der Waals surface area contributed by atoms with Gasteiger partial charge >= 0.3 is 0 Å². The van der Waals surface area contributed by atoms with Crippen molar-refractivity contribution in [3.8, 4) is 0 Å². The van der Waals surface area contributed by atoms with E-state index in [1.807, 2.05) is 19.9 Å². The molecule has 0 aliphatic rings. The molecule has 0 radical (unpaired) electrons. The van der Waals surface area contributed by atoms with Gasteiger partial charge in [-0.2, -0.15) is 11.8 Å². The van der Waals surface area contributed by atoms with Crippen molar-refractivity contribution < 1.29 is 9.50 Å². The zero-order chi connectivity index (χ0) is 12.1. The number of benzene rings is 1. The molecule has 1 rings (SSSR count). The molecule has 1 aromatic rings. The maximum atomic E-state index is 13.7. The molecular weight excluding hydrogens is 223 g/mol. The van der Waals surface area contributed by atoms with Crippen molar-refractivity contribution in [2.75, 3.05) is 11.5 Å². The topological polar surface area (TPSA) is 20.2 Å². The van der Waals surface area contributed by atoms with E-state index in [4.69, 9.17) is 0 Å². The summed E-state index contributed by atoms with van der Waals surface area (Å²) in [6, 6.07) is 3.40. The largest absolute Gasteiger partial charge is 0.388 e. The maximum absolute atomic E-state index is 13.7. The van der Waals surface area contributed by atoms with Gasteiger partial charge in [0.1, 0.15) is 5.82 Å². The summed E-state index contributed by atoms with van der Waals surface area (Å²) < 4.78 is 13.7. The first-order valence-corrected chi connectivity index (χ1v) is 6.74. The lowest BCUT2D eigenvalue weighted by molar-refractivity contribution is 0.169. The number of aliphatic hydroxyl groups excluding tert-OH is 1. The van der Waals surface area contributed by atoms with Crippen molar-refractivity contribution in [1.82, 2.24) is 0 Å². The first-order chi connectivity index (χ1) is 7.56. The number of thioether (sulfide) groups is 1. The third-order valence-electron chi connectivity index (χ3n) is 2.55. The summed E-state index contributed by atoms with van der Waals surface area (Å²) in [5, 5.41) is 9.95. The zero-order valence-corrected chi connectivity index (χ0v) is 10.9. The van der Waals surface area contributed by atoms with E-state index >= 15 is 0 Å². The van der Waals surface area contributed by atoms with Crippen molar-refractivity contribution in [2.45, 2.75) is 33.3 Å². The van der Waals surface area contributed by atoms with Crippen LogP contribution in [0.3, 0.4) is 0 Å². The average Bonchev–Trinajstić information content (AvgIpc) is 2.16. The molecule has 0 spiro atoms. The monoisotopic (exact) mass is 242 g/mol. The smallest absolute Gasteiger partial charge is 0.129 e. The van der Waals surface area contributed by atoms with Crippen LogP contribution in [0.4, 0.5) is 4.39 Å². The molecule has 1 aromatic carbocycles. The molecule has 1 N–H and O–H groups in total. The summed E-state index contributed by atoms with van der Waals surface area (Å²) in [6.07, 6.45) is -0.0704. The molecule has 1 unspecified atom stereocenters. The van der Waals surface area contributed by atoms with Crippen LogP contribution in [0.2, 0.25) is 0 Å². The number of halogens is 1. The molecule has 90 valence electrons. The van der Waals surface area contributed by atoms with Gasteiger partial charge in [-0.1, -0.05) is 13.0 Å². The fourth-order valence-corrected chi connectivity index (χ4v) is 2.51. The second kappa shape index (κ2) is 6.26. The van der Waals surface area contributed by atoms with E-state index in [-0.39, 0.29) is 5.82 Å². The highest BCUT2D eigenvalue weighted by molar-refractivity contribution is 7.99. The van der Waals surface area contributed by atoms with Crippen LogP contribution >= 0.6 is 11.8 Å². The van der Waals surface area contributed by atoms with E-state index in [0.717, 1.165) is 22.6 Å². The highest BCUT2D eigenvalue weighted by atomic mass is 32.2. The molecule has 0 aliphatic carbocycles. The molecule has 0 aromatic heterocycles. The quantitative estimate of drug-likeness (QED) is 0.796. The second-order valence-electron chi connectivity index (χ2n) is 3.98. The molecule has 0 bridgehead atoms. The number of rotatable bonds is 5. The van der Waals surface area contributed by atoms with Crippen LogP contribution in [0.1, 0.15) is 36.1 Å². The zero-order valence-electron chi connectivity index (χ0n) is 10.1. The summed E-state index contributed by atoms with van der Waals surface area (Å²) in [4.78, 5) is 0. The van der Waals surface area contributed by atoms with Crippen molar-refractivity contribution in [2.24, 2.45) is 0 Å². The molecule has 0 saturated heterocycles. The molecular formula is C13H19FOS. The molecule has 1 nitrogen and oxygen atoms in total. The van der Waals surface area contributed by atoms with Gasteiger partial charge in [-0.3, -0.25) is 0 Å². The fraction of sp³-hybridized carbons (Fsp3) is 0.538. The molecule has 16 heavy (non-hydrogen) atoms.